The van der Waals surface area contributed by atoms with Crippen molar-refractivity contribution in [2.24, 2.45) is 5.92 Å². The number of benzene rings is 1. The van der Waals surface area contributed by atoms with Crippen molar-refractivity contribution in [3.05, 3.63) is 29.3 Å². The summed E-state index contributed by atoms with van der Waals surface area (Å²) < 4.78 is 38.0. The first-order valence-electron chi connectivity index (χ1n) is 6.05. The molecule has 1 amide bonds. The zero-order valence-corrected chi connectivity index (χ0v) is 10.4. The van der Waals surface area contributed by atoms with E-state index in [1.165, 1.54) is 6.07 Å². The largest absolute Gasteiger partial charge is 0.418 e. The molecule has 0 spiro atoms. The highest BCUT2D eigenvalue weighted by atomic mass is 19.4. The third-order valence-electron chi connectivity index (χ3n) is 3.33. The van der Waals surface area contributed by atoms with Crippen LogP contribution in [-0.2, 0) is 6.18 Å². The summed E-state index contributed by atoms with van der Waals surface area (Å²) in [4.78, 5) is 11.8. The van der Waals surface area contributed by atoms with E-state index in [1.807, 2.05) is 0 Å². The minimum atomic E-state index is -4.55. The zero-order chi connectivity index (χ0) is 14.2. The molecule has 0 aromatic heterocycles. The lowest BCUT2D eigenvalue weighted by Crippen LogP contribution is -2.43. The van der Waals surface area contributed by atoms with Gasteiger partial charge in [-0.05, 0) is 37.0 Å². The topological polar surface area (TPSA) is 55.1 Å². The van der Waals surface area contributed by atoms with Gasteiger partial charge in [-0.1, -0.05) is 6.92 Å². The normalized spacial score (nSPS) is 22.7. The second-order valence-electron chi connectivity index (χ2n) is 5.05. The highest BCUT2D eigenvalue weighted by Crippen LogP contribution is 2.34. The zero-order valence-electron chi connectivity index (χ0n) is 10.4. The summed E-state index contributed by atoms with van der Waals surface area (Å²) in [6, 6.07) is 3.28. The molecule has 0 saturated heterocycles. The van der Waals surface area contributed by atoms with Gasteiger partial charge in [-0.15, -0.1) is 0 Å². The molecule has 19 heavy (non-hydrogen) atoms. The van der Waals surface area contributed by atoms with Crippen LogP contribution >= 0.6 is 0 Å². The van der Waals surface area contributed by atoms with E-state index in [2.05, 4.69) is 12.2 Å². The molecule has 1 aromatic rings. The molecule has 1 saturated carbocycles. The van der Waals surface area contributed by atoms with Gasteiger partial charge in [0.15, 0.2) is 0 Å². The molecule has 0 radical (unpaired) electrons. The number of rotatable bonds is 2. The number of hydrogen-bond donors (Lipinski definition) is 2. The summed E-state index contributed by atoms with van der Waals surface area (Å²) in [5, 5.41) is 2.71. The molecule has 1 fully saturated rings. The second-order valence-corrected chi connectivity index (χ2v) is 5.05. The fourth-order valence-electron chi connectivity index (χ4n) is 2.23. The predicted octanol–water partition coefficient (Wildman–Crippen LogP) is 2.82. The van der Waals surface area contributed by atoms with E-state index in [0.29, 0.717) is 5.92 Å². The number of nitrogen functional groups attached to an aromatic ring is 1. The number of nitrogens with one attached hydrogen (secondary N) is 1. The van der Waals surface area contributed by atoms with Gasteiger partial charge >= 0.3 is 6.18 Å². The fourth-order valence-corrected chi connectivity index (χ4v) is 2.23. The Labute approximate surface area is 109 Å². The van der Waals surface area contributed by atoms with Gasteiger partial charge < -0.3 is 11.1 Å². The van der Waals surface area contributed by atoms with Crippen molar-refractivity contribution in [1.82, 2.24) is 5.32 Å². The van der Waals surface area contributed by atoms with Gasteiger partial charge in [-0.2, -0.15) is 13.2 Å². The second kappa shape index (κ2) is 4.75. The van der Waals surface area contributed by atoms with Crippen LogP contribution in [0.3, 0.4) is 0 Å². The average Bonchev–Trinajstić information content (AvgIpc) is 2.25. The summed E-state index contributed by atoms with van der Waals surface area (Å²) in [6.45, 7) is 2.06. The van der Waals surface area contributed by atoms with Crippen molar-refractivity contribution in [3.63, 3.8) is 0 Å². The van der Waals surface area contributed by atoms with E-state index in [0.717, 1.165) is 25.0 Å². The van der Waals surface area contributed by atoms with Crippen molar-refractivity contribution in [2.75, 3.05) is 5.73 Å². The van der Waals surface area contributed by atoms with Crippen LogP contribution in [-0.4, -0.2) is 11.9 Å². The lowest BCUT2D eigenvalue weighted by Gasteiger charge is -2.33. The molecule has 2 rings (SSSR count). The fraction of sp³-hybridized carbons (Fsp3) is 0.462. The summed E-state index contributed by atoms with van der Waals surface area (Å²) in [6.07, 6.45) is -2.81. The minimum Gasteiger partial charge on any atom is -0.398 e. The molecule has 0 aliphatic heterocycles. The summed E-state index contributed by atoms with van der Waals surface area (Å²) >= 11 is 0. The van der Waals surface area contributed by atoms with Crippen LogP contribution in [0.2, 0.25) is 0 Å². The number of nitrogens with two attached hydrogens (primary N) is 1. The average molecular weight is 272 g/mol. The first kappa shape index (κ1) is 13.7. The predicted molar refractivity (Wildman–Crippen MR) is 65.5 cm³/mol. The van der Waals surface area contributed by atoms with Gasteiger partial charge in [0.1, 0.15) is 0 Å². The highest BCUT2D eigenvalue weighted by molar-refractivity contribution is 5.95. The Hall–Kier alpha value is -1.72. The number of anilines is 1. The minimum absolute atomic E-state index is 0.0129. The van der Waals surface area contributed by atoms with Crippen LogP contribution in [0, 0.1) is 5.92 Å². The number of alkyl halides is 3. The van der Waals surface area contributed by atoms with Gasteiger partial charge in [0, 0.05) is 17.3 Å². The smallest absolute Gasteiger partial charge is 0.398 e. The molecule has 3 nitrogen and oxygen atoms in total. The molecule has 104 valence electrons. The van der Waals surface area contributed by atoms with Crippen LogP contribution in [0.25, 0.3) is 0 Å². The van der Waals surface area contributed by atoms with Gasteiger partial charge in [-0.3, -0.25) is 4.79 Å². The maximum atomic E-state index is 12.7. The molecule has 1 aliphatic rings. The Bertz CT molecular complexity index is 493. The third kappa shape index (κ3) is 3.00. The molecule has 0 heterocycles. The van der Waals surface area contributed by atoms with E-state index in [1.54, 1.807) is 0 Å². The summed E-state index contributed by atoms with van der Waals surface area (Å²) in [5.74, 6) is 0.0739. The van der Waals surface area contributed by atoms with Crippen molar-refractivity contribution in [3.8, 4) is 0 Å². The molecule has 0 atom stereocenters. The molecule has 6 heteroatoms. The van der Waals surface area contributed by atoms with Gasteiger partial charge in [-0.25, -0.2) is 0 Å². The van der Waals surface area contributed by atoms with E-state index < -0.39 is 17.6 Å². The number of halogens is 3. The Morgan fingerprint density at radius 2 is 2.00 bits per heavy atom. The Morgan fingerprint density at radius 1 is 1.37 bits per heavy atom. The third-order valence-corrected chi connectivity index (χ3v) is 3.33. The summed E-state index contributed by atoms with van der Waals surface area (Å²) in [5.41, 5.74) is 3.92. The van der Waals surface area contributed by atoms with Gasteiger partial charge in [0.05, 0.1) is 5.56 Å². The van der Waals surface area contributed by atoms with Crippen molar-refractivity contribution < 1.29 is 18.0 Å². The monoisotopic (exact) mass is 272 g/mol. The summed E-state index contributed by atoms with van der Waals surface area (Å²) in [7, 11) is 0. The molecule has 1 aromatic carbocycles. The van der Waals surface area contributed by atoms with Crippen LogP contribution in [0.4, 0.5) is 18.9 Å². The van der Waals surface area contributed by atoms with Crippen molar-refractivity contribution >= 4 is 11.6 Å². The Kier molecular flexibility index (Phi) is 3.43. The number of carbonyl (C=O) groups is 1. The quantitative estimate of drug-likeness (QED) is 0.813. The number of hydrogen-bond acceptors (Lipinski definition) is 2. The van der Waals surface area contributed by atoms with Crippen LogP contribution in [0.5, 0.6) is 0 Å². The van der Waals surface area contributed by atoms with Crippen molar-refractivity contribution in [2.45, 2.75) is 32.0 Å². The lowest BCUT2D eigenvalue weighted by molar-refractivity contribution is -0.136. The molecule has 3 N–H and O–H groups in total. The lowest BCUT2D eigenvalue weighted by atomic mass is 9.82. The number of carbonyl (C=O) groups excluding carboxylic acids is 1. The number of amides is 1. The van der Waals surface area contributed by atoms with Crippen LogP contribution in [0.1, 0.15) is 35.7 Å². The molecule has 1 aliphatic carbocycles. The standard InChI is InChI=1S/C13H15F3N2O/c1-7-4-9(5-7)18-12(19)8-2-3-11(17)10(6-8)13(14,15)16/h2-3,6-7,9H,4-5,17H2,1H3,(H,18,19). The SMILES string of the molecule is CC1CC(NC(=O)c2ccc(N)c(C(F)(F)F)c2)C1. The first-order valence-corrected chi connectivity index (χ1v) is 6.05. The Balaban J connectivity index is 2.14. The molecular formula is C13H15F3N2O. The van der Waals surface area contributed by atoms with Crippen molar-refractivity contribution in [1.29, 1.82) is 0 Å². The van der Waals surface area contributed by atoms with Crippen LogP contribution in [0.15, 0.2) is 18.2 Å². The first-order chi connectivity index (χ1) is 8.77. The van der Waals surface area contributed by atoms with Gasteiger partial charge in [0.2, 0.25) is 0 Å². The molecule has 0 bridgehead atoms. The highest BCUT2D eigenvalue weighted by Gasteiger charge is 2.34. The van der Waals surface area contributed by atoms with E-state index in [9.17, 15) is 18.0 Å². The maximum Gasteiger partial charge on any atom is 0.418 e. The van der Waals surface area contributed by atoms with Crippen LogP contribution < -0.4 is 11.1 Å². The van der Waals surface area contributed by atoms with E-state index in [4.69, 9.17) is 5.73 Å². The molecular weight excluding hydrogens is 257 g/mol. The Morgan fingerprint density at radius 3 is 2.53 bits per heavy atom. The van der Waals surface area contributed by atoms with Gasteiger partial charge in [0.25, 0.3) is 5.91 Å². The maximum absolute atomic E-state index is 12.7. The van der Waals surface area contributed by atoms with E-state index in [-0.39, 0.29) is 17.3 Å². The van der Waals surface area contributed by atoms with E-state index >= 15 is 0 Å². The molecule has 0 unspecified atom stereocenters.